The Balaban J connectivity index is 0.000000291. The van der Waals surface area contributed by atoms with Crippen LogP contribution >= 0.6 is 0 Å². The Morgan fingerprint density at radius 3 is 1.84 bits per heavy atom. The summed E-state index contributed by atoms with van der Waals surface area (Å²) in [6, 6.07) is 14.2. The summed E-state index contributed by atoms with van der Waals surface area (Å²) in [5.74, 6) is -8.31. The maximum Gasteiger partial charge on any atom is 0.403 e. The molecule has 0 amide bonds. The number of benzene rings is 3. The van der Waals surface area contributed by atoms with Gasteiger partial charge in [0.2, 0.25) is 40.3 Å². The third-order valence-electron chi connectivity index (χ3n) is 4.92. The van der Waals surface area contributed by atoms with Crippen LogP contribution in [0, 0.1) is 0 Å². The standard InChI is InChI=1S/C13H9N3O8S.C10H6O2.HN3O3S/c14-15-16-25(22,23)24-13-7(8(17)6-4-2-1-3-5-6)9(18)10(19)11(20)12(13)21;11-9-6-5-7-3-1-2-4-8(7)10(9)12;1-2-3-7(4,5)6/h1-5,18-21H;1-6H;(H,4,5,6). The minimum absolute atomic E-state index is 0.0617. The van der Waals surface area contributed by atoms with Gasteiger partial charge in [-0.05, 0) is 22.7 Å². The number of allylic oxidation sites excluding steroid dienone is 1. The van der Waals surface area contributed by atoms with E-state index in [0.717, 1.165) is 5.56 Å². The van der Waals surface area contributed by atoms with Crippen molar-refractivity contribution in [2.75, 3.05) is 0 Å². The van der Waals surface area contributed by atoms with Gasteiger partial charge in [-0.25, -0.2) is 0 Å². The second-order valence-electron chi connectivity index (χ2n) is 7.71. The molecule has 228 valence electrons. The number of ketones is 3. The summed E-state index contributed by atoms with van der Waals surface area (Å²) in [6.45, 7) is 0. The van der Waals surface area contributed by atoms with E-state index < -0.39 is 72.3 Å². The number of carbonyl (C=O) groups excluding carboxylic acids is 3. The van der Waals surface area contributed by atoms with Crippen molar-refractivity contribution in [2.24, 2.45) is 9.04 Å². The molecule has 0 aliphatic heterocycles. The van der Waals surface area contributed by atoms with Gasteiger partial charge in [0.05, 0.1) is 9.04 Å². The second-order valence-corrected chi connectivity index (χ2v) is 9.95. The van der Waals surface area contributed by atoms with E-state index in [9.17, 15) is 51.6 Å². The van der Waals surface area contributed by atoms with E-state index in [-0.39, 0.29) is 5.56 Å². The lowest BCUT2D eigenvalue weighted by Gasteiger charge is -2.14. The van der Waals surface area contributed by atoms with E-state index in [0.29, 0.717) is 5.56 Å². The number of fused-ring (bicyclic) bond motifs is 1. The summed E-state index contributed by atoms with van der Waals surface area (Å²) >= 11 is 0. The van der Waals surface area contributed by atoms with Crippen LogP contribution in [0.5, 0.6) is 28.7 Å². The van der Waals surface area contributed by atoms with Crippen molar-refractivity contribution in [1.82, 2.24) is 0 Å². The molecule has 0 atom stereocenters. The van der Waals surface area contributed by atoms with E-state index in [1.165, 1.54) is 30.3 Å². The molecular weight excluding hydrogens is 632 g/mol. The Bertz CT molecular complexity index is 1980. The molecule has 3 aromatic rings. The fourth-order valence-electron chi connectivity index (χ4n) is 3.14. The van der Waals surface area contributed by atoms with Gasteiger partial charge >= 0.3 is 20.6 Å². The quantitative estimate of drug-likeness (QED) is 0.0375. The molecule has 21 heteroatoms. The molecule has 0 saturated heterocycles. The van der Waals surface area contributed by atoms with Gasteiger partial charge in [0.1, 0.15) is 5.56 Å². The Morgan fingerprint density at radius 2 is 1.30 bits per heavy atom. The minimum atomic E-state index is -5.00. The Labute approximate surface area is 245 Å². The zero-order chi connectivity index (χ0) is 33.2. The van der Waals surface area contributed by atoms with Crippen LogP contribution in [0.25, 0.3) is 27.0 Å². The molecule has 0 bridgehead atoms. The van der Waals surface area contributed by atoms with E-state index in [1.54, 1.807) is 29.2 Å². The zero-order valence-corrected chi connectivity index (χ0v) is 23.0. The van der Waals surface area contributed by atoms with E-state index in [1.807, 2.05) is 21.6 Å². The highest BCUT2D eigenvalue weighted by molar-refractivity contribution is 7.85. The van der Waals surface area contributed by atoms with Gasteiger partial charge in [-0.2, -0.15) is 16.8 Å². The van der Waals surface area contributed by atoms with Crippen LogP contribution in [0.2, 0.25) is 0 Å². The molecule has 3 aromatic carbocycles. The molecule has 0 heterocycles. The second kappa shape index (κ2) is 14.2. The molecule has 0 unspecified atom stereocenters. The molecule has 0 saturated carbocycles. The molecule has 0 radical (unpaired) electrons. The minimum Gasteiger partial charge on any atom is -0.504 e. The maximum atomic E-state index is 12.5. The molecule has 5 N–H and O–H groups in total. The molecule has 44 heavy (non-hydrogen) atoms. The van der Waals surface area contributed by atoms with Crippen molar-refractivity contribution in [3.63, 3.8) is 0 Å². The number of phenols is 4. The maximum absolute atomic E-state index is 12.5. The number of Topliss-reactive ketones (excluding diaryl/α,β-unsaturated/α-hetero) is 1. The van der Waals surface area contributed by atoms with Crippen molar-refractivity contribution in [2.45, 2.75) is 0 Å². The lowest BCUT2D eigenvalue weighted by atomic mass is 9.96. The first-order chi connectivity index (χ1) is 20.5. The Kier molecular flexibility index (Phi) is 11.0. The average molecular weight is 649 g/mol. The normalized spacial score (nSPS) is 11.7. The molecule has 1 aliphatic rings. The van der Waals surface area contributed by atoms with Gasteiger partial charge in [-0.1, -0.05) is 60.7 Å². The number of azide groups is 2. The van der Waals surface area contributed by atoms with Gasteiger partial charge in [0, 0.05) is 21.0 Å². The number of hydrogen-bond acceptors (Lipinski definition) is 12. The van der Waals surface area contributed by atoms with Crippen molar-refractivity contribution in [3.05, 3.63) is 104 Å². The fourth-order valence-corrected chi connectivity index (χ4v) is 3.73. The Morgan fingerprint density at radius 1 is 0.750 bits per heavy atom. The highest BCUT2D eigenvalue weighted by Crippen LogP contribution is 2.52. The smallest absolute Gasteiger partial charge is 0.403 e. The van der Waals surface area contributed by atoms with Crippen LogP contribution in [0.4, 0.5) is 0 Å². The number of carbonyl (C=O) groups is 3. The number of aromatic hydroxyl groups is 4. The number of nitrogens with zero attached hydrogens (tertiary/aromatic N) is 6. The predicted molar refractivity (Wildman–Crippen MR) is 147 cm³/mol. The number of hydrogen-bond donors (Lipinski definition) is 5. The molecule has 0 aromatic heterocycles. The first-order valence-electron chi connectivity index (χ1n) is 11.0. The summed E-state index contributed by atoms with van der Waals surface area (Å²) in [5.41, 5.74) is 15.8. The van der Waals surface area contributed by atoms with E-state index in [4.69, 9.17) is 15.6 Å². The fraction of sp³-hybridized carbons (Fsp3) is 0. The summed E-state index contributed by atoms with van der Waals surface area (Å²) in [7, 11) is -9.47. The largest absolute Gasteiger partial charge is 0.504 e. The number of phenolic OH excluding ortho intramolecular Hbond substituents is 4. The van der Waals surface area contributed by atoms with Crippen LogP contribution in [0.1, 0.15) is 31.8 Å². The Hall–Kier alpha value is -6.11. The van der Waals surface area contributed by atoms with Gasteiger partial charge in [0.15, 0.2) is 5.75 Å². The van der Waals surface area contributed by atoms with E-state index in [2.05, 4.69) is 8.70 Å². The predicted octanol–water partition coefficient (Wildman–Crippen LogP) is 3.24. The average Bonchev–Trinajstić information content (AvgIpc) is 2.97. The highest BCUT2D eigenvalue weighted by Gasteiger charge is 2.32. The third-order valence-corrected chi connectivity index (χ3v) is 5.85. The summed E-state index contributed by atoms with van der Waals surface area (Å²) < 4.78 is 57.9. The first-order valence-corrected chi connectivity index (χ1v) is 13.8. The molecule has 0 spiro atoms. The molecule has 19 nitrogen and oxygen atoms in total. The van der Waals surface area contributed by atoms with Crippen molar-refractivity contribution < 1.29 is 60.4 Å². The lowest BCUT2D eigenvalue weighted by Crippen LogP contribution is -2.15. The van der Waals surface area contributed by atoms with Crippen LogP contribution in [-0.4, -0.2) is 59.2 Å². The van der Waals surface area contributed by atoms with Gasteiger partial charge in [-0.3, -0.25) is 18.9 Å². The number of rotatable bonds is 6. The monoisotopic (exact) mass is 648 g/mol. The SMILES string of the molecule is O=C1C=Cc2ccccc2C1=O.[N-]=[N+]=NS(=O)(=O)O.[N-]=[N+]=NS(=O)(=O)Oc1c(O)c(O)c(O)c(O)c1C(=O)c1ccccc1. The first kappa shape index (κ1) is 34.1. The van der Waals surface area contributed by atoms with Crippen molar-refractivity contribution in [1.29, 1.82) is 0 Å². The molecule has 0 fully saturated rings. The van der Waals surface area contributed by atoms with E-state index >= 15 is 0 Å². The van der Waals surface area contributed by atoms with Crippen LogP contribution < -0.4 is 4.18 Å². The van der Waals surface area contributed by atoms with Crippen LogP contribution in [0.15, 0.2) is 69.7 Å². The molecule has 1 aliphatic carbocycles. The van der Waals surface area contributed by atoms with Crippen LogP contribution in [0.3, 0.4) is 0 Å². The van der Waals surface area contributed by atoms with Gasteiger partial charge in [0.25, 0.3) is 0 Å². The lowest BCUT2D eigenvalue weighted by molar-refractivity contribution is -0.110. The topological polar surface area (TPSA) is 327 Å². The van der Waals surface area contributed by atoms with Crippen molar-refractivity contribution >= 4 is 44.0 Å². The summed E-state index contributed by atoms with van der Waals surface area (Å²) in [6.07, 6.45) is 2.98. The van der Waals surface area contributed by atoms with Gasteiger partial charge in [-0.15, -0.1) is 0 Å². The highest BCUT2D eigenvalue weighted by atomic mass is 32.2. The molecule has 4 rings (SSSR count). The van der Waals surface area contributed by atoms with Gasteiger partial charge < -0.3 is 24.6 Å². The zero-order valence-electron chi connectivity index (χ0n) is 21.4. The van der Waals surface area contributed by atoms with Crippen LogP contribution in [-0.2, 0) is 25.4 Å². The summed E-state index contributed by atoms with van der Waals surface area (Å²) in [4.78, 5) is 38.4. The third kappa shape index (κ3) is 8.69. The van der Waals surface area contributed by atoms with Crippen molar-refractivity contribution in [3.8, 4) is 28.7 Å². The summed E-state index contributed by atoms with van der Waals surface area (Å²) in [5, 5.41) is 38.8. The molecular formula is C23H16N6O13S2.